The van der Waals surface area contributed by atoms with Crippen molar-refractivity contribution in [3.63, 3.8) is 0 Å². The van der Waals surface area contributed by atoms with Gasteiger partial charge in [-0.2, -0.15) is 0 Å². The molecule has 1 unspecified atom stereocenters. The fourth-order valence-corrected chi connectivity index (χ4v) is 2.88. The van der Waals surface area contributed by atoms with Gasteiger partial charge in [-0.3, -0.25) is 9.47 Å². The Morgan fingerprint density at radius 2 is 2.40 bits per heavy atom. The number of fused-ring (bicyclic) bond motifs is 1. The molecule has 1 aliphatic rings. The minimum Gasteiger partial charge on any atom is -0.374 e. The number of imidazole rings is 1. The third kappa shape index (κ3) is 2.65. The summed E-state index contributed by atoms with van der Waals surface area (Å²) in [6.07, 6.45) is 1.90. The zero-order valence-electron chi connectivity index (χ0n) is 11.4. The van der Waals surface area contributed by atoms with Crippen molar-refractivity contribution in [2.45, 2.75) is 19.6 Å². The second kappa shape index (κ2) is 5.67. The molecule has 7 heteroatoms. The molecule has 0 bridgehead atoms. The van der Waals surface area contributed by atoms with Gasteiger partial charge >= 0.3 is 0 Å². The SMILES string of the molecule is CCN1CCOC(Cn2c(N)nc3cc(Br)cnc32)C1. The first-order valence-corrected chi connectivity index (χ1v) is 7.58. The van der Waals surface area contributed by atoms with E-state index in [9.17, 15) is 0 Å². The highest BCUT2D eigenvalue weighted by Gasteiger charge is 2.22. The number of hydrogen-bond acceptors (Lipinski definition) is 5. The maximum atomic E-state index is 6.02. The lowest BCUT2D eigenvalue weighted by atomic mass is 10.2. The first-order chi connectivity index (χ1) is 9.67. The molecule has 1 atom stereocenters. The molecule has 2 aromatic heterocycles. The number of halogens is 1. The maximum absolute atomic E-state index is 6.02. The molecule has 3 rings (SSSR count). The van der Waals surface area contributed by atoms with Gasteiger partial charge in [-0.1, -0.05) is 6.92 Å². The lowest BCUT2D eigenvalue weighted by Gasteiger charge is -2.32. The van der Waals surface area contributed by atoms with Crippen LogP contribution in [0.15, 0.2) is 16.7 Å². The Labute approximate surface area is 126 Å². The molecule has 1 saturated heterocycles. The van der Waals surface area contributed by atoms with Crippen LogP contribution >= 0.6 is 15.9 Å². The van der Waals surface area contributed by atoms with Crippen LogP contribution in [0.5, 0.6) is 0 Å². The smallest absolute Gasteiger partial charge is 0.202 e. The molecule has 0 radical (unpaired) electrons. The highest BCUT2D eigenvalue weighted by atomic mass is 79.9. The number of aromatic nitrogens is 3. The minimum absolute atomic E-state index is 0.133. The molecule has 2 N–H and O–H groups in total. The maximum Gasteiger partial charge on any atom is 0.202 e. The first-order valence-electron chi connectivity index (χ1n) is 6.78. The second-order valence-corrected chi connectivity index (χ2v) is 5.88. The lowest BCUT2D eigenvalue weighted by Crippen LogP contribution is -2.44. The second-order valence-electron chi connectivity index (χ2n) is 4.96. The van der Waals surface area contributed by atoms with E-state index in [2.05, 4.69) is 37.7 Å². The van der Waals surface area contributed by atoms with Crippen LogP contribution < -0.4 is 5.73 Å². The topological polar surface area (TPSA) is 69.2 Å². The predicted octanol–water partition coefficient (Wildman–Crippen LogP) is 1.50. The van der Waals surface area contributed by atoms with Gasteiger partial charge in [0.05, 0.1) is 19.3 Å². The number of nitrogens with zero attached hydrogens (tertiary/aromatic N) is 4. The van der Waals surface area contributed by atoms with Crippen LogP contribution in [0.2, 0.25) is 0 Å². The Morgan fingerprint density at radius 1 is 1.55 bits per heavy atom. The molecule has 0 amide bonds. The van der Waals surface area contributed by atoms with Crippen molar-refractivity contribution in [2.75, 3.05) is 32.0 Å². The van der Waals surface area contributed by atoms with E-state index >= 15 is 0 Å². The summed E-state index contributed by atoms with van der Waals surface area (Å²) in [5.41, 5.74) is 7.63. The monoisotopic (exact) mass is 339 g/mol. The molecule has 6 nitrogen and oxygen atoms in total. The molecule has 1 aliphatic heterocycles. The summed E-state index contributed by atoms with van der Waals surface area (Å²) in [6.45, 7) is 6.59. The minimum atomic E-state index is 0.133. The van der Waals surface area contributed by atoms with Crippen LogP contribution in [0.4, 0.5) is 5.95 Å². The van der Waals surface area contributed by atoms with Gasteiger partial charge in [0.2, 0.25) is 5.95 Å². The van der Waals surface area contributed by atoms with Crippen LogP contribution in [0.1, 0.15) is 6.92 Å². The Balaban J connectivity index is 1.85. The van der Waals surface area contributed by atoms with Crippen molar-refractivity contribution in [1.82, 2.24) is 19.4 Å². The molecule has 1 fully saturated rings. The molecule has 2 aromatic rings. The number of nitrogens with two attached hydrogens (primary N) is 1. The van der Waals surface area contributed by atoms with Gasteiger partial charge in [0.1, 0.15) is 5.52 Å². The Kier molecular flexibility index (Phi) is 3.91. The largest absolute Gasteiger partial charge is 0.374 e. The van der Waals surface area contributed by atoms with E-state index in [0.717, 1.165) is 41.9 Å². The number of pyridine rings is 1. The molecule has 3 heterocycles. The van der Waals surface area contributed by atoms with E-state index in [-0.39, 0.29) is 6.10 Å². The summed E-state index contributed by atoms with van der Waals surface area (Å²) in [5.74, 6) is 0.489. The van der Waals surface area contributed by atoms with E-state index in [4.69, 9.17) is 10.5 Å². The Bertz CT molecular complexity index is 614. The fourth-order valence-electron chi connectivity index (χ4n) is 2.57. The van der Waals surface area contributed by atoms with Crippen molar-refractivity contribution in [3.05, 3.63) is 16.7 Å². The van der Waals surface area contributed by atoms with Gasteiger partial charge in [0.15, 0.2) is 5.65 Å². The number of likely N-dealkylation sites (N-methyl/N-ethyl adjacent to an activating group) is 1. The fraction of sp³-hybridized carbons (Fsp3) is 0.538. The third-order valence-corrected chi connectivity index (χ3v) is 4.07. The van der Waals surface area contributed by atoms with Crippen LogP contribution in [-0.2, 0) is 11.3 Å². The van der Waals surface area contributed by atoms with Crippen molar-refractivity contribution >= 4 is 33.0 Å². The van der Waals surface area contributed by atoms with E-state index in [1.807, 2.05) is 10.6 Å². The molecule has 20 heavy (non-hydrogen) atoms. The van der Waals surface area contributed by atoms with Crippen LogP contribution in [0.25, 0.3) is 11.2 Å². The molecule has 108 valence electrons. The highest BCUT2D eigenvalue weighted by Crippen LogP contribution is 2.21. The molecule has 0 aliphatic carbocycles. The average Bonchev–Trinajstić information content (AvgIpc) is 2.74. The van der Waals surface area contributed by atoms with Crippen LogP contribution in [0, 0.1) is 0 Å². The molecule has 0 saturated carbocycles. The van der Waals surface area contributed by atoms with E-state index in [0.29, 0.717) is 12.5 Å². The van der Waals surface area contributed by atoms with Gasteiger partial charge in [-0.05, 0) is 28.5 Å². The normalized spacial score (nSPS) is 20.6. The Hall–Kier alpha value is -1.18. The van der Waals surface area contributed by atoms with Crippen molar-refractivity contribution in [3.8, 4) is 0 Å². The number of hydrogen-bond donors (Lipinski definition) is 1. The molecular weight excluding hydrogens is 322 g/mol. The third-order valence-electron chi connectivity index (χ3n) is 3.64. The zero-order valence-corrected chi connectivity index (χ0v) is 13.0. The summed E-state index contributed by atoms with van der Waals surface area (Å²) in [5, 5.41) is 0. The quantitative estimate of drug-likeness (QED) is 0.917. The molecule has 0 spiro atoms. The summed E-state index contributed by atoms with van der Waals surface area (Å²) < 4.78 is 8.67. The van der Waals surface area contributed by atoms with E-state index in [1.54, 1.807) is 6.20 Å². The zero-order chi connectivity index (χ0) is 14.1. The molecule has 0 aromatic carbocycles. The lowest BCUT2D eigenvalue weighted by molar-refractivity contribution is -0.0336. The standard InChI is InChI=1S/C13H18BrN5O/c1-2-18-3-4-20-10(7-18)8-19-12-11(17-13(19)15)5-9(14)6-16-12/h5-6,10H,2-4,7-8H2,1H3,(H2,15,17). The number of anilines is 1. The van der Waals surface area contributed by atoms with Gasteiger partial charge in [-0.25, -0.2) is 9.97 Å². The number of nitrogen functional groups attached to an aromatic ring is 1. The number of rotatable bonds is 3. The number of ether oxygens (including phenoxy) is 1. The average molecular weight is 340 g/mol. The van der Waals surface area contributed by atoms with E-state index in [1.165, 1.54) is 0 Å². The van der Waals surface area contributed by atoms with Crippen molar-refractivity contribution in [1.29, 1.82) is 0 Å². The predicted molar refractivity (Wildman–Crippen MR) is 81.5 cm³/mol. The summed E-state index contributed by atoms with van der Waals surface area (Å²) in [4.78, 5) is 11.2. The number of morpholine rings is 1. The van der Waals surface area contributed by atoms with Crippen molar-refractivity contribution in [2.24, 2.45) is 0 Å². The summed E-state index contributed by atoms with van der Waals surface area (Å²) in [6, 6.07) is 1.93. The van der Waals surface area contributed by atoms with Gasteiger partial charge in [-0.15, -0.1) is 0 Å². The van der Waals surface area contributed by atoms with Gasteiger partial charge < -0.3 is 10.5 Å². The summed E-state index contributed by atoms with van der Waals surface area (Å²) in [7, 11) is 0. The van der Waals surface area contributed by atoms with Gasteiger partial charge in [0.25, 0.3) is 0 Å². The van der Waals surface area contributed by atoms with Crippen LogP contribution in [0.3, 0.4) is 0 Å². The highest BCUT2D eigenvalue weighted by molar-refractivity contribution is 9.10. The first kappa shape index (κ1) is 13.8. The van der Waals surface area contributed by atoms with Crippen LogP contribution in [-0.4, -0.2) is 51.8 Å². The van der Waals surface area contributed by atoms with E-state index < -0.39 is 0 Å². The summed E-state index contributed by atoms with van der Waals surface area (Å²) >= 11 is 3.40. The van der Waals surface area contributed by atoms with Gasteiger partial charge in [0, 0.05) is 23.8 Å². The Morgan fingerprint density at radius 3 is 3.20 bits per heavy atom. The molecular formula is C13H18BrN5O. The van der Waals surface area contributed by atoms with Crippen molar-refractivity contribution < 1.29 is 4.74 Å².